The monoisotopic (exact) mass is 240 g/mol. The molecule has 1 aromatic heterocycles. The Bertz CT molecular complexity index is 412. The van der Waals surface area contributed by atoms with Crippen molar-refractivity contribution in [1.29, 1.82) is 0 Å². The molecule has 1 aromatic rings. The molecule has 0 saturated heterocycles. The molecule has 0 bridgehead atoms. The van der Waals surface area contributed by atoms with Crippen molar-refractivity contribution in [3.05, 3.63) is 16.3 Å². The number of aryl methyl sites for hydroxylation is 1. The summed E-state index contributed by atoms with van der Waals surface area (Å²) in [5.74, 6) is 0.345. The van der Waals surface area contributed by atoms with Crippen LogP contribution in [0.1, 0.15) is 19.8 Å². The maximum absolute atomic E-state index is 10.8. The van der Waals surface area contributed by atoms with Crippen LogP contribution in [0.15, 0.2) is 6.20 Å². The van der Waals surface area contributed by atoms with Gasteiger partial charge in [0.2, 0.25) is 5.82 Å². The molecule has 1 heterocycles. The van der Waals surface area contributed by atoms with Crippen molar-refractivity contribution in [2.75, 3.05) is 11.9 Å². The Morgan fingerprint density at radius 3 is 3.00 bits per heavy atom. The summed E-state index contributed by atoms with van der Waals surface area (Å²) in [6, 6.07) is 0.222. The first-order valence-corrected chi connectivity index (χ1v) is 5.66. The summed E-state index contributed by atoms with van der Waals surface area (Å²) in [5.41, 5.74) is 0.0207. The van der Waals surface area contributed by atoms with E-state index in [0.29, 0.717) is 12.4 Å². The fourth-order valence-corrected chi connectivity index (χ4v) is 1.96. The molecule has 94 valence electrons. The molecule has 1 fully saturated rings. The summed E-state index contributed by atoms with van der Waals surface area (Å²) in [5, 5.41) is 17.9. The van der Waals surface area contributed by atoms with Gasteiger partial charge in [-0.3, -0.25) is 14.8 Å². The summed E-state index contributed by atoms with van der Waals surface area (Å²) < 4.78 is 6.87. The van der Waals surface area contributed by atoms with Gasteiger partial charge in [0.25, 0.3) is 0 Å². The van der Waals surface area contributed by atoms with Crippen LogP contribution in [-0.2, 0) is 11.8 Å². The van der Waals surface area contributed by atoms with Crippen LogP contribution in [0, 0.1) is 10.1 Å². The predicted octanol–water partition coefficient (Wildman–Crippen LogP) is 1.31. The second kappa shape index (κ2) is 4.70. The van der Waals surface area contributed by atoms with Crippen molar-refractivity contribution in [2.45, 2.75) is 31.9 Å². The van der Waals surface area contributed by atoms with Gasteiger partial charge in [-0.15, -0.1) is 5.10 Å². The van der Waals surface area contributed by atoms with Crippen LogP contribution in [0.3, 0.4) is 0 Å². The van der Waals surface area contributed by atoms with Crippen molar-refractivity contribution < 1.29 is 9.66 Å². The minimum Gasteiger partial charge on any atom is -0.378 e. The van der Waals surface area contributed by atoms with Gasteiger partial charge in [0.05, 0.1) is 11.0 Å². The fraction of sp³-hybridized carbons (Fsp3) is 0.700. The first-order chi connectivity index (χ1) is 8.10. The molecule has 0 radical (unpaired) electrons. The SMILES string of the molecule is CCOC1CC(Nc2nn(C)cc2[N+](=O)[O-])C1. The van der Waals surface area contributed by atoms with E-state index in [2.05, 4.69) is 10.4 Å². The number of rotatable bonds is 5. The standard InChI is InChI=1S/C10H16N4O3/c1-3-17-8-4-7(5-8)11-10-9(14(15)16)6-13(2)12-10/h6-8H,3-5H2,1-2H3,(H,11,12). The molecule has 0 atom stereocenters. The molecule has 7 heteroatoms. The van der Waals surface area contributed by atoms with Gasteiger partial charge < -0.3 is 10.1 Å². The van der Waals surface area contributed by atoms with Crippen LogP contribution in [0.2, 0.25) is 0 Å². The third kappa shape index (κ3) is 2.55. The van der Waals surface area contributed by atoms with Crippen LogP contribution < -0.4 is 5.32 Å². The zero-order chi connectivity index (χ0) is 12.4. The molecule has 1 aliphatic carbocycles. The number of ether oxygens (including phenoxy) is 1. The van der Waals surface area contributed by atoms with E-state index in [0.717, 1.165) is 12.8 Å². The fourth-order valence-electron chi connectivity index (χ4n) is 1.96. The molecule has 0 spiro atoms. The van der Waals surface area contributed by atoms with Crippen LogP contribution in [0.4, 0.5) is 11.5 Å². The van der Waals surface area contributed by atoms with Crippen molar-refractivity contribution in [3.8, 4) is 0 Å². The number of aromatic nitrogens is 2. The molecule has 0 aliphatic heterocycles. The van der Waals surface area contributed by atoms with Crippen LogP contribution >= 0.6 is 0 Å². The van der Waals surface area contributed by atoms with Gasteiger partial charge in [0.1, 0.15) is 6.20 Å². The number of hydrogen-bond acceptors (Lipinski definition) is 5. The van der Waals surface area contributed by atoms with Gasteiger partial charge >= 0.3 is 5.69 Å². The Balaban J connectivity index is 1.94. The predicted molar refractivity (Wildman–Crippen MR) is 61.9 cm³/mol. The van der Waals surface area contributed by atoms with Gasteiger partial charge in [0.15, 0.2) is 0 Å². The van der Waals surface area contributed by atoms with E-state index < -0.39 is 4.92 Å². The largest absolute Gasteiger partial charge is 0.378 e. The summed E-state index contributed by atoms with van der Waals surface area (Å²) in [7, 11) is 1.67. The molecule has 7 nitrogen and oxygen atoms in total. The average molecular weight is 240 g/mol. The molecule has 1 saturated carbocycles. The molecule has 1 aliphatic rings. The number of hydrogen-bond donors (Lipinski definition) is 1. The molecular weight excluding hydrogens is 224 g/mol. The van der Waals surface area contributed by atoms with E-state index in [1.807, 2.05) is 6.92 Å². The Kier molecular flexibility index (Phi) is 3.28. The highest BCUT2D eigenvalue weighted by Crippen LogP contribution is 2.29. The van der Waals surface area contributed by atoms with Gasteiger partial charge in [-0.25, -0.2) is 0 Å². The second-order valence-electron chi connectivity index (χ2n) is 4.18. The lowest BCUT2D eigenvalue weighted by Crippen LogP contribution is -2.41. The highest BCUT2D eigenvalue weighted by molar-refractivity contribution is 5.55. The van der Waals surface area contributed by atoms with Crippen LogP contribution in [-0.4, -0.2) is 33.5 Å². The third-order valence-corrected chi connectivity index (χ3v) is 2.84. The van der Waals surface area contributed by atoms with Crippen molar-refractivity contribution >= 4 is 11.5 Å². The average Bonchev–Trinajstić information content (AvgIpc) is 2.56. The normalized spacial score (nSPS) is 23.2. The zero-order valence-corrected chi connectivity index (χ0v) is 9.92. The topological polar surface area (TPSA) is 82.2 Å². The second-order valence-corrected chi connectivity index (χ2v) is 4.18. The lowest BCUT2D eigenvalue weighted by Gasteiger charge is -2.35. The van der Waals surface area contributed by atoms with E-state index in [-0.39, 0.29) is 17.8 Å². The Morgan fingerprint density at radius 1 is 1.71 bits per heavy atom. The molecule has 0 unspecified atom stereocenters. The molecule has 2 rings (SSSR count). The Labute approximate surface area is 98.9 Å². The van der Waals surface area contributed by atoms with Gasteiger partial charge in [0, 0.05) is 19.7 Å². The smallest absolute Gasteiger partial charge is 0.330 e. The number of anilines is 1. The van der Waals surface area contributed by atoms with E-state index in [4.69, 9.17) is 4.74 Å². The summed E-state index contributed by atoms with van der Waals surface area (Å²) in [6.45, 7) is 2.67. The number of nitrogens with zero attached hydrogens (tertiary/aromatic N) is 3. The van der Waals surface area contributed by atoms with Crippen LogP contribution in [0.5, 0.6) is 0 Å². The van der Waals surface area contributed by atoms with Gasteiger partial charge in [-0.2, -0.15) is 0 Å². The lowest BCUT2D eigenvalue weighted by molar-refractivity contribution is -0.384. The minimum absolute atomic E-state index is 0.0207. The molecule has 1 N–H and O–H groups in total. The van der Waals surface area contributed by atoms with Crippen LogP contribution in [0.25, 0.3) is 0 Å². The van der Waals surface area contributed by atoms with E-state index in [9.17, 15) is 10.1 Å². The van der Waals surface area contributed by atoms with E-state index in [1.165, 1.54) is 10.9 Å². The van der Waals surface area contributed by atoms with E-state index >= 15 is 0 Å². The highest BCUT2D eigenvalue weighted by atomic mass is 16.6. The summed E-state index contributed by atoms with van der Waals surface area (Å²) >= 11 is 0. The van der Waals surface area contributed by atoms with Crippen molar-refractivity contribution in [2.24, 2.45) is 7.05 Å². The van der Waals surface area contributed by atoms with E-state index in [1.54, 1.807) is 7.05 Å². The lowest BCUT2D eigenvalue weighted by atomic mass is 9.89. The maximum Gasteiger partial charge on any atom is 0.330 e. The minimum atomic E-state index is -0.423. The van der Waals surface area contributed by atoms with Crippen molar-refractivity contribution in [1.82, 2.24) is 9.78 Å². The summed E-state index contributed by atoms with van der Waals surface area (Å²) in [4.78, 5) is 10.4. The molecule has 17 heavy (non-hydrogen) atoms. The van der Waals surface area contributed by atoms with Gasteiger partial charge in [-0.1, -0.05) is 0 Å². The highest BCUT2D eigenvalue weighted by Gasteiger charge is 2.32. The zero-order valence-electron chi connectivity index (χ0n) is 9.92. The molecule has 0 aromatic carbocycles. The first-order valence-electron chi connectivity index (χ1n) is 5.66. The van der Waals surface area contributed by atoms with Crippen molar-refractivity contribution in [3.63, 3.8) is 0 Å². The third-order valence-electron chi connectivity index (χ3n) is 2.84. The quantitative estimate of drug-likeness (QED) is 0.619. The molecular formula is C10H16N4O3. The van der Waals surface area contributed by atoms with Gasteiger partial charge in [-0.05, 0) is 19.8 Å². The first kappa shape index (κ1) is 11.8. The number of nitro groups is 1. The Morgan fingerprint density at radius 2 is 2.41 bits per heavy atom. The Hall–Kier alpha value is -1.63. The summed E-state index contributed by atoms with van der Waals surface area (Å²) in [6.07, 6.45) is 3.43. The number of nitrogens with one attached hydrogen (secondary N) is 1. The maximum atomic E-state index is 10.8. The molecule has 0 amide bonds.